The van der Waals surface area contributed by atoms with Gasteiger partial charge in [0.15, 0.2) is 0 Å². The molecule has 0 bridgehead atoms. The van der Waals surface area contributed by atoms with Gasteiger partial charge < -0.3 is 15.0 Å². The molecule has 0 aromatic heterocycles. The minimum absolute atomic E-state index is 0.0613. The maximum atomic E-state index is 12.2. The molecule has 2 aromatic rings. The number of piperazine rings is 1. The van der Waals surface area contributed by atoms with Crippen LogP contribution in [-0.2, 0) is 11.2 Å². The van der Waals surface area contributed by atoms with Gasteiger partial charge in [0, 0.05) is 38.8 Å². The lowest BCUT2D eigenvalue weighted by Gasteiger charge is -2.40. The first kappa shape index (κ1) is 20.4. The summed E-state index contributed by atoms with van der Waals surface area (Å²) >= 11 is 0. The molecule has 3 rings (SSSR count). The van der Waals surface area contributed by atoms with Gasteiger partial charge in [-0.3, -0.25) is 9.69 Å². The fourth-order valence-corrected chi connectivity index (χ4v) is 3.76. The van der Waals surface area contributed by atoms with Crippen molar-refractivity contribution < 1.29 is 9.53 Å². The third-order valence-electron chi connectivity index (χ3n) is 5.32. The van der Waals surface area contributed by atoms with Gasteiger partial charge in [-0.25, -0.2) is 0 Å². The molecule has 1 saturated heterocycles. The second kappa shape index (κ2) is 10.2. The molecule has 0 radical (unpaired) electrons. The predicted octanol–water partition coefficient (Wildman–Crippen LogP) is 2.73. The zero-order chi connectivity index (χ0) is 19.8. The van der Waals surface area contributed by atoms with E-state index < -0.39 is 0 Å². The third kappa shape index (κ3) is 5.81. The van der Waals surface area contributed by atoms with Crippen molar-refractivity contribution in [2.75, 3.05) is 46.9 Å². The molecule has 1 fully saturated rings. The summed E-state index contributed by atoms with van der Waals surface area (Å²) in [5, 5.41) is 3.05. The van der Waals surface area contributed by atoms with E-state index in [0.29, 0.717) is 19.0 Å². The molecule has 0 aliphatic carbocycles. The Kier molecular flexibility index (Phi) is 7.46. The summed E-state index contributed by atoms with van der Waals surface area (Å²) in [6.07, 6.45) is 1.34. The molecule has 1 aliphatic heterocycles. The molecule has 1 aliphatic rings. The summed E-state index contributed by atoms with van der Waals surface area (Å²) < 4.78 is 5.22. The Morgan fingerprint density at radius 3 is 2.75 bits per heavy atom. The van der Waals surface area contributed by atoms with Crippen molar-refractivity contribution >= 4 is 5.91 Å². The summed E-state index contributed by atoms with van der Waals surface area (Å²) in [7, 11) is 3.83. The van der Waals surface area contributed by atoms with Crippen LogP contribution in [0, 0.1) is 0 Å². The van der Waals surface area contributed by atoms with Crippen LogP contribution in [0.25, 0.3) is 0 Å². The Labute approximate surface area is 168 Å². The Morgan fingerprint density at radius 2 is 1.96 bits per heavy atom. The highest BCUT2D eigenvalue weighted by Crippen LogP contribution is 2.24. The number of nitrogens with one attached hydrogen (secondary N) is 1. The Balaban J connectivity index is 1.45. The molecule has 1 N–H and O–H groups in total. The lowest BCUT2D eigenvalue weighted by atomic mass is 10.0. The van der Waals surface area contributed by atoms with Crippen LogP contribution < -0.4 is 10.1 Å². The zero-order valence-corrected chi connectivity index (χ0v) is 16.9. The number of hydrogen-bond acceptors (Lipinski definition) is 4. The first-order chi connectivity index (χ1) is 13.7. The normalized spacial score (nSPS) is 18.0. The number of ether oxygens (including phenoxy) is 1. The van der Waals surface area contributed by atoms with Crippen molar-refractivity contribution in [2.45, 2.75) is 18.9 Å². The van der Waals surface area contributed by atoms with E-state index in [9.17, 15) is 4.79 Å². The highest BCUT2D eigenvalue weighted by molar-refractivity contribution is 5.78. The number of amides is 1. The van der Waals surface area contributed by atoms with E-state index in [2.05, 4.69) is 52.5 Å². The SMILES string of the molecule is COc1cccc(CC(=O)NCCCN2CCN(C)CC2c2ccccc2)c1. The fourth-order valence-electron chi connectivity index (χ4n) is 3.76. The Bertz CT molecular complexity index is 751. The van der Waals surface area contributed by atoms with Crippen LogP contribution in [0.4, 0.5) is 0 Å². The minimum Gasteiger partial charge on any atom is -0.497 e. The standard InChI is InChI=1S/C23H31N3O2/c1-25-14-15-26(22(18-25)20-9-4-3-5-10-20)13-7-12-24-23(27)17-19-8-6-11-21(16-19)28-2/h3-6,8-11,16,22H,7,12-15,17-18H2,1-2H3,(H,24,27). The first-order valence-electron chi connectivity index (χ1n) is 10.0. The first-order valence-corrected chi connectivity index (χ1v) is 10.0. The highest BCUT2D eigenvalue weighted by atomic mass is 16.5. The van der Waals surface area contributed by atoms with E-state index in [1.807, 2.05) is 24.3 Å². The highest BCUT2D eigenvalue weighted by Gasteiger charge is 2.25. The number of likely N-dealkylation sites (N-methyl/N-ethyl adjacent to an activating group) is 1. The number of carbonyl (C=O) groups is 1. The zero-order valence-electron chi connectivity index (χ0n) is 16.9. The molecule has 1 amide bonds. The summed E-state index contributed by atoms with van der Waals surface area (Å²) in [6, 6.07) is 18.8. The van der Waals surface area contributed by atoms with E-state index in [0.717, 1.165) is 43.9 Å². The second-order valence-electron chi connectivity index (χ2n) is 7.46. The summed E-state index contributed by atoms with van der Waals surface area (Å²) in [5.74, 6) is 0.846. The number of carbonyl (C=O) groups excluding carboxylic acids is 1. The van der Waals surface area contributed by atoms with Crippen LogP contribution in [0.5, 0.6) is 5.75 Å². The third-order valence-corrected chi connectivity index (χ3v) is 5.32. The van der Waals surface area contributed by atoms with Gasteiger partial charge >= 0.3 is 0 Å². The van der Waals surface area contributed by atoms with E-state index in [4.69, 9.17) is 4.74 Å². The maximum absolute atomic E-state index is 12.2. The van der Waals surface area contributed by atoms with Crippen LogP contribution >= 0.6 is 0 Å². The summed E-state index contributed by atoms with van der Waals surface area (Å²) in [6.45, 7) is 4.90. The van der Waals surface area contributed by atoms with Gasteiger partial charge in [0.1, 0.15) is 5.75 Å². The van der Waals surface area contributed by atoms with E-state index in [1.165, 1.54) is 5.56 Å². The van der Waals surface area contributed by atoms with Gasteiger partial charge in [0.2, 0.25) is 5.91 Å². The molecule has 150 valence electrons. The number of methoxy groups -OCH3 is 1. The van der Waals surface area contributed by atoms with Gasteiger partial charge in [-0.1, -0.05) is 42.5 Å². The molecule has 1 atom stereocenters. The molecule has 2 aromatic carbocycles. The molecular weight excluding hydrogens is 350 g/mol. The van der Waals surface area contributed by atoms with Crippen molar-refractivity contribution in [3.63, 3.8) is 0 Å². The average molecular weight is 382 g/mol. The monoisotopic (exact) mass is 381 g/mol. The lowest BCUT2D eigenvalue weighted by molar-refractivity contribution is -0.120. The smallest absolute Gasteiger partial charge is 0.224 e. The van der Waals surface area contributed by atoms with Gasteiger partial charge in [-0.2, -0.15) is 0 Å². The average Bonchev–Trinajstić information content (AvgIpc) is 2.73. The van der Waals surface area contributed by atoms with Crippen molar-refractivity contribution in [3.05, 3.63) is 65.7 Å². The van der Waals surface area contributed by atoms with Gasteiger partial charge in [-0.05, 0) is 36.7 Å². The van der Waals surface area contributed by atoms with Gasteiger partial charge in [0.05, 0.1) is 13.5 Å². The van der Waals surface area contributed by atoms with Crippen LogP contribution in [0.3, 0.4) is 0 Å². The summed E-state index contributed by atoms with van der Waals surface area (Å²) in [5.41, 5.74) is 2.34. The Hall–Kier alpha value is -2.37. The number of nitrogens with zero attached hydrogens (tertiary/aromatic N) is 2. The van der Waals surface area contributed by atoms with Gasteiger partial charge in [0.25, 0.3) is 0 Å². The molecule has 28 heavy (non-hydrogen) atoms. The molecule has 5 nitrogen and oxygen atoms in total. The minimum atomic E-state index is 0.0613. The van der Waals surface area contributed by atoms with Crippen LogP contribution in [-0.4, -0.2) is 62.6 Å². The topological polar surface area (TPSA) is 44.8 Å². The largest absolute Gasteiger partial charge is 0.497 e. The Morgan fingerprint density at radius 1 is 1.14 bits per heavy atom. The molecular formula is C23H31N3O2. The van der Waals surface area contributed by atoms with Crippen LogP contribution in [0.2, 0.25) is 0 Å². The lowest BCUT2D eigenvalue weighted by Crippen LogP contribution is -2.47. The van der Waals surface area contributed by atoms with Gasteiger partial charge in [-0.15, -0.1) is 0 Å². The van der Waals surface area contributed by atoms with E-state index in [-0.39, 0.29) is 5.91 Å². The molecule has 0 spiro atoms. The van der Waals surface area contributed by atoms with Crippen LogP contribution in [0.1, 0.15) is 23.6 Å². The quantitative estimate of drug-likeness (QED) is 0.714. The molecule has 5 heteroatoms. The molecule has 1 unspecified atom stereocenters. The van der Waals surface area contributed by atoms with E-state index >= 15 is 0 Å². The number of rotatable bonds is 8. The van der Waals surface area contributed by atoms with Crippen molar-refractivity contribution in [3.8, 4) is 5.75 Å². The maximum Gasteiger partial charge on any atom is 0.224 e. The second-order valence-corrected chi connectivity index (χ2v) is 7.46. The van der Waals surface area contributed by atoms with Crippen molar-refractivity contribution in [1.29, 1.82) is 0 Å². The fraction of sp³-hybridized carbons (Fsp3) is 0.435. The van der Waals surface area contributed by atoms with E-state index in [1.54, 1.807) is 7.11 Å². The number of benzene rings is 2. The predicted molar refractivity (Wildman–Crippen MR) is 113 cm³/mol. The molecule has 0 saturated carbocycles. The van der Waals surface area contributed by atoms with Crippen LogP contribution in [0.15, 0.2) is 54.6 Å². The van der Waals surface area contributed by atoms with Crippen molar-refractivity contribution in [1.82, 2.24) is 15.1 Å². The number of hydrogen-bond donors (Lipinski definition) is 1. The molecule has 1 heterocycles. The van der Waals surface area contributed by atoms with Crippen molar-refractivity contribution in [2.24, 2.45) is 0 Å². The summed E-state index contributed by atoms with van der Waals surface area (Å²) in [4.78, 5) is 17.2.